The van der Waals surface area contributed by atoms with Crippen molar-refractivity contribution in [2.75, 3.05) is 20.2 Å². The molecule has 0 aromatic heterocycles. The summed E-state index contributed by atoms with van der Waals surface area (Å²) in [4.78, 5) is 0.272. The lowest BCUT2D eigenvalue weighted by Gasteiger charge is -2.17. The summed E-state index contributed by atoms with van der Waals surface area (Å²) in [6, 6.07) is 4.81. The van der Waals surface area contributed by atoms with Gasteiger partial charge in [-0.15, -0.1) is 0 Å². The van der Waals surface area contributed by atoms with Crippen molar-refractivity contribution in [3.05, 3.63) is 22.7 Å². The Morgan fingerprint density at radius 3 is 2.50 bits per heavy atom. The van der Waals surface area contributed by atoms with Crippen LogP contribution in [0.2, 0.25) is 0 Å². The summed E-state index contributed by atoms with van der Waals surface area (Å²) in [7, 11) is -1.82. The second-order valence-electron chi connectivity index (χ2n) is 3.85. The molecule has 0 aliphatic carbocycles. The minimum Gasteiger partial charge on any atom is -0.493 e. The van der Waals surface area contributed by atoms with E-state index in [9.17, 15) is 8.42 Å². The molecule has 0 radical (unpaired) electrons. The predicted octanol–water partition coefficient (Wildman–Crippen LogP) is 2.88. The van der Waals surface area contributed by atoms with Crippen molar-refractivity contribution in [3.63, 3.8) is 0 Å². The Balaban J connectivity index is 3.07. The van der Waals surface area contributed by atoms with Gasteiger partial charge in [-0.05, 0) is 47.5 Å². The van der Waals surface area contributed by atoms with E-state index < -0.39 is 10.0 Å². The van der Waals surface area contributed by atoms with Crippen molar-refractivity contribution in [2.45, 2.75) is 25.2 Å². The van der Waals surface area contributed by atoms with Crippen LogP contribution in [0.15, 0.2) is 27.6 Å². The third kappa shape index (κ3) is 3.46. The molecule has 0 saturated carbocycles. The van der Waals surface area contributed by atoms with E-state index >= 15 is 0 Å². The first-order valence-electron chi connectivity index (χ1n) is 5.82. The van der Waals surface area contributed by atoms with E-state index in [1.807, 2.05) is 13.8 Å². The van der Waals surface area contributed by atoms with Crippen molar-refractivity contribution in [2.24, 2.45) is 0 Å². The van der Waals surface area contributed by atoms with Crippen molar-refractivity contribution >= 4 is 26.0 Å². The monoisotopic (exact) mass is 335 g/mol. The molecule has 1 aromatic rings. The standard InChI is InChI=1S/C12H18BrNO3S/c1-4-8-14(3)18(15,16)10-6-7-12(17-5-2)11(13)9-10/h6-7,9H,4-5,8H2,1-3H3. The second-order valence-corrected chi connectivity index (χ2v) is 6.75. The van der Waals surface area contributed by atoms with Gasteiger partial charge in [-0.2, -0.15) is 0 Å². The average Bonchev–Trinajstić information content (AvgIpc) is 2.32. The van der Waals surface area contributed by atoms with E-state index in [-0.39, 0.29) is 4.90 Å². The average molecular weight is 336 g/mol. The van der Waals surface area contributed by atoms with Gasteiger partial charge in [0.1, 0.15) is 5.75 Å². The number of hydrogen-bond acceptors (Lipinski definition) is 3. The van der Waals surface area contributed by atoms with Crippen LogP contribution in [0.1, 0.15) is 20.3 Å². The lowest BCUT2D eigenvalue weighted by molar-refractivity contribution is 0.338. The summed E-state index contributed by atoms with van der Waals surface area (Å²) in [5, 5.41) is 0. The highest BCUT2D eigenvalue weighted by Gasteiger charge is 2.20. The number of halogens is 1. The topological polar surface area (TPSA) is 46.6 Å². The Morgan fingerprint density at radius 2 is 2.00 bits per heavy atom. The van der Waals surface area contributed by atoms with Crippen LogP contribution in [0.3, 0.4) is 0 Å². The van der Waals surface area contributed by atoms with E-state index in [0.29, 0.717) is 23.4 Å². The molecule has 0 aliphatic heterocycles. The van der Waals surface area contributed by atoms with Crippen LogP contribution in [0.4, 0.5) is 0 Å². The van der Waals surface area contributed by atoms with E-state index in [1.54, 1.807) is 25.2 Å². The molecule has 0 spiro atoms. The molecule has 0 aliphatic rings. The fourth-order valence-corrected chi connectivity index (χ4v) is 3.46. The quantitative estimate of drug-likeness (QED) is 0.802. The molecule has 102 valence electrons. The maximum absolute atomic E-state index is 12.2. The molecule has 0 unspecified atom stereocenters. The minimum absolute atomic E-state index is 0.272. The molecular formula is C12H18BrNO3S. The van der Waals surface area contributed by atoms with Crippen LogP contribution in [0, 0.1) is 0 Å². The largest absolute Gasteiger partial charge is 0.493 e. The first-order valence-corrected chi connectivity index (χ1v) is 8.05. The molecular weight excluding hydrogens is 318 g/mol. The van der Waals surface area contributed by atoms with Crippen LogP contribution < -0.4 is 4.74 Å². The summed E-state index contributed by atoms with van der Waals surface area (Å²) < 4.78 is 31.8. The highest BCUT2D eigenvalue weighted by atomic mass is 79.9. The molecule has 0 bridgehead atoms. The van der Waals surface area contributed by atoms with Gasteiger partial charge in [0.05, 0.1) is 16.0 Å². The van der Waals surface area contributed by atoms with E-state index in [1.165, 1.54) is 4.31 Å². The molecule has 0 amide bonds. The molecule has 1 aromatic carbocycles. The highest BCUT2D eigenvalue weighted by molar-refractivity contribution is 9.10. The van der Waals surface area contributed by atoms with Crippen molar-refractivity contribution in [1.29, 1.82) is 0 Å². The van der Waals surface area contributed by atoms with Gasteiger partial charge in [-0.25, -0.2) is 12.7 Å². The summed E-state index contributed by atoms with van der Waals surface area (Å²) >= 11 is 3.32. The van der Waals surface area contributed by atoms with Gasteiger partial charge in [0.15, 0.2) is 0 Å². The molecule has 6 heteroatoms. The predicted molar refractivity (Wildman–Crippen MR) is 75.4 cm³/mol. The van der Waals surface area contributed by atoms with Crippen LogP contribution in [-0.2, 0) is 10.0 Å². The summed E-state index contributed by atoms with van der Waals surface area (Å²) in [6.07, 6.45) is 0.786. The fraction of sp³-hybridized carbons (Fsp3) is 0.500. The van der Waals surface area contributed by atoms with Crippen LogP contribution >= 0.6 is 15.9 Å². The Kier molecular flexibility index (Phi) is 5.62. The Hall–Kier alpha value is -0.590. The highest BCUT2D eigenvalue weighted by Crippen LogP contribution is 2.28. The van der Waals surface area contributed by atoms with E-state index in [4.69, 9.17) is 4.74 Å². The van der Waals surface area contributed by atoms with Crippen molar-refractivity contribution in [3.8, 4) is 5.75 Å². The van der Waals surface area contributed by atoms with Crippen molar-refractivity contribution < 1.29 is 13.2 Å². The van der Waals surface area contributed by atoms with Gasteiger partial charge >= 0.3 is 0 Å². The number of benzene rings is 1. The SMILES string of the molecule is CCCN(C)S(=O)(=O)c1ccc(OCC)c(Br)c1. The zero-order chi connectivity index (χ0) is 13.8. The first-order chi connectivity index (χ1) is 8.43. The molecule has 0 heterocycles. The maximum Gasteiger partial charge on any atom is 0.242 e. The van der Waals surface area contributed by atoms with E-state index in [0.717, 1.165) is 6.42 Å². The fourth-order valence-electron chi connectivity index (χ4n) is 1.53. The van der Waals surface area contributed by atoms with Gasteiger partial charge < -0.3 is 4.74 Å². The lowest BCUT2D eigenvalue weighted by atomic mass is 10.3. The van der Waals surface area contributed by atoms with Gasteiger partial charge in [-0.3, -0.25) is 0 Å². The Bertz CT molecular complexity index is 502. The smallest absolute Gasteiger partial charge is 0.242 e. The first kappa shape index (κ1) is 15.5. The number of ether oxygens (including phenoxy) is 1. The maximum atomic E-state index is 12.2. The Labute approximate surface area is 117 Å². The molecule has 4 nitrogen and oxygen atoms in total. The van der Waals surface area contributed by atoms with Gasteiger partial charge in [0, 0.05) is 13.6 Å². The Morgan fingerprint density at radius 1 is 1.33 bits per heavy atom. The van der Waals surface area contributed by atoms with E-state index in [2.05, 4.69) is 15.9 Å². The summed E-state index contributed by atoms with van der Waals surface area (Å²) in [6.45, 7) is 4.87. The molecule has 0 saturated heterocycles. The number of hydrogen-bond donors (Lipinski definition) is 0. The second kappa shape index (κ2) is 6.54. The van der Waals surface area contributed by atoms with Gasteiger partial charge in [-0.1, -0.05) is 6.92 Å². The summed E-state index contributed by atoms with van der Waals surface area (Å²) in [5.41, 5.74) is 0. The summed E-state index contributed by atoms with van der Waals surface area (Å²) in [5.74, 6) is 0.648. The lowest BCUT2D eigenvalue weighted by Crippen LogP contribution is -2.27. The normalized spacial score (nSPS) is 11.8. The molecule has 18 heavy (non-hydrogen) atoms. The number of rotatable bonds is 6. The molecule has 0 N–H and O–H groups in total. The zero-order valence-electron chi connectivity index (χ0n) is 10.8. The third-order valence-electron chi connectivity index (χ3n) is 2.45. The van der Waals surface area contributed by atoms with Crippen LogP contribution in [0.25, 0.3) is 0 Å². The minimum atomic E-state index is -3.41. The number of sulfonamides is 1. The van der Waals surface area contributed by atoms with Crippen LogP contribution in [-0.4, -0.2) is 32.9 Å². The van der Waals surface area contributed by atoms with Gasteiger partial charge in [0.25, 0.3) is 0 Å². The molecule has 0 atom stereocenters. The zero-order valence-corrected chi connectivity index (χ0v) is 13.2. The molecule has 0 fully saturated rings. The van der Waals surface area contributed by atoms with Crippen molar-refractivity contribution in [1.82, 2.24) is 4.31 Å². The van der Waals surface area contributed by atoms with Gasteiger partial charge in [0.2, 0.25) is 10.0 Å². The molecule has 1 rings (SSSR count). The third-order valence-corrected chi connectivity index (χ3v) is 4.92. The van der Waals surface area contributed by atoms with Crippen LogP contribution in [0.5, 0.6) is 5.75 Å². The number of nitrogens with zero attached hydrogens (tertiary/aromatic N) is 1.